The summed E-state index contributed by atoms with van der Waals surface area (Å²) in [6, 6.07) is 16.3. The molecule has 2 N–H and O–H groups in total. The number of benzene rings is 3. The molecule has 0 bridgehead atoms. The fourth-order valence-corrected chi connectivity index (χ4v) is 4.82. The van der Waals surface area contributed by atoms with Crippen molar-refractivity contribution in [1.29, 1.82) is 0 Å². The van der Waals surface area contributed by atoms with E-state index >= 15 is 0 Å². The predicted octanol–water partition coefficient (Wildman–Crippen LogP) is 4.86. The lowest BCUT2D eigenvalue weighted by Crippen LogP contribution is -2.26. The first-order valence-electron chi connectivity index (χ1n) is 8.40. The highest BCUT2D eigenvalue weighted by atomic mass is 35.5. The Bertz CT molecular complexity index is 1080. The van der Waals surface area contributed by atoms with E-state index in [1.54, 1.807) is 6.92 Å². The van der Waals surface area contributed by atoms with Crippen LogP contribution in [0.4, 0.5) is 0 Å². The van der Waals surface area contributed by atoms with Gasteiger partial charge in [0.15, 0.2) is 0 Å². The molecule has 1 unspecified atom stereocenters. The van der Waals surface area contributed by atoms with Crippen LogP contribution >= 0.6 is 23.2 Å². The molecule has 4 nitrogen and oxygen atoms in total. The number of aliphatic hydroxyl groups excluding tert-OH is 1. The van der Waals surface area contributed by atoms with Crippen LogP contribution in [-0.4, -0.2) is 20.1 Å². The number of aliphatic hydroxyl groups is 1. The monoisotopic (exact) mass is 423 g/mol. The third-order valence-corrected chi connectivity index (χ3v) is 6.73. The molecule has 0 aliphatic carbocycles. The van der Waals surface area contributed by atoms with E-state index in [9.17, 15) is 13.5 Å². The van der Waals surface area contributed by atoms with Crippen molar-refractivity contribution in [3.8, 4) is 0 Å². The number of aryl methyl sites for hydroxylation is 1. The lowest BCUT2D eigenvalue weighted by Gasteiger charge is -2.15. The van der Waals surface area contributed by atoms with Gasteiger partial charge in [-0.05, 0) is 47.4 Å². The van der Waals surface area contributed by atoms with Gasteiger partial charge in [-0.15, -0.1) is 0 Å². The molecule has 0 aliphatic heterocycles. The second-order valence-electron chi connectivity index (χ2n) is 6.30. The molecule has 1 atom stereocenters. The number of hydrogen-bond donors (Lipinski definition) is 2. The van der Waals surface area contributed by atoms with Gasteiger partial charge in [0, 0.05) is 11.6 Å². The van der Waals surface area contributed by atoms with Crippen molar-refractivity contribution in [3.05, 3.63) is 75.8 Å². The minimum Gasteiger partial charge on any atom is -0.388 e. The molecule has 0 spiro atoms. The molecule has 0 amide bonds. The Labute approximate surface area is 168 Å². The van der Waals surface area contributed by atoms with Crippen LogP contribution in [0.25, 0.3) is 10.8 Å². The quantitative estimate of drug-likeness (QED) is 0.594. The number of halogens is 2. The summed E-state index contributed by atoms with van der Waals surface area (Å²) in [5.74, 6) is 0. The third-order valence-electron chi connectivity index (χ3n) is 4.39. The number of rotatable bonds is 6. The molecule has 3 aromatic rings. The maximum Gasteiger partial charge on any atom is 0.242 e. The first-order chi connectivity index (χ1) is 12.8. The lowest BCUT2D eigenvalue weighted by atomic mass is 9.99. The molecule has 3 rings (SSSR count). The Morgan fingerprint density at radius 1 is 1.04 bits per heavy atom. The Balaban J connectivity index is 1.73. The van der Waals surface area contributed by atoms with Crippen LogP contribution in [0.5, 0.6) is 0 Å². The van der Waals surface area contributed by atoms with E-state index in [2.05, 4.69) is 4.72 Å². The van der Waals surface area contributed by atoms with Crippen LogP contribution < -0.4 is 4.72 Å². The first kappa shape index (κ1) is 20.1. The second kappa shape index (κ2) is 8.17. The summed E-state index contributed by atoms with van der Waals surface area (Å²) in [6.07, 6.45) is -0.557. The third kappa shape index (κ3) is 4.45. The molecule has 0 aliphatic rings. The van der Waals surface area contributed by atoms with Gasteiger partial charge in [-0.1, -0.05) is 65.7 Å². The van der Waals surface area contributed by atoms with Gasteiger partial charge >= 0.3 is 0 Å². The largest absolute Gasteiger partial charge is 0.388 e. The van der Waals surface area contributed by atoms with Crippen molar-refractivity contribution in [2.45, 2.75) is 24.3 Å². The minimum absolute atomic E-state index is 0.0225. The number of fused-ring (bicyclic) bond motifs is 1. The topological polar surface area (TPSA) is 66.4 Å². The van der Waals surface area contributed by atoms with Crippen molar-refractivity contribution in [1.82, 2.24) is 4.72 Å². The normalized spacial score (nSPS) is 13.0. The van der Waals surface area contributed by atoms with Gasteiger partial charge in [0.1, 0.15) is 4.90 Å². The zero-order chi connectivity index (χ0) is 19.6. The molecule has 0 aromatic heterocycles. The average Bonchev–Trinajstić information content (AvgIpc) is 2.63. The van der Waals surface area contributed by atoms with Gasteiger partial charge in [0.2, 0.25) is 10.0 Å². The van der Waals surface area contributed by atoms with Crippen LogP contribution in [-0.2, 0) is 10.0 Å². The summed E-state index contributed by atoms with van der Waals surface area (Å²) in [5, 5.41) is 13.0. The van der Waals surface area contributed by atoms with Gasteiger partial charge < -0.3 is 5.11 Å². The van der Waals surface area contributed by atoms with Crippen molar-refractivity contribution < 1.29 is 13.5 Å². The molecule has 0 saturated carbocycles. The number of hydrogen-bond acceptors (Lipinski definition) is 3. The molecular formula is C20H19Cl2NO3S. The van der Waals surface area contributed by atoms with E-state index in [1.165, 1.54) is 12.1 Å². The van der Waals surface area contributed by atoms with E-state index in [4.69, 9.17) is 23.2 Å². The lowest BCUT2D eigenvalue weighted by molar-refractivity contribution is 0.170. The van der Waals surface area contributed by atoms with Crippen molar-refractivity contribution in [2.24, 2.45) is 0 Å². The van der Waals surface area contributed by atoms with Gasteiger partial charge in [-0.25, -0.2) is 13.1 Å². The van der Waals surface area contributed by atoms with E-state index in [0.717, 1.165) is 16.3 Å². The van der Waals surface area contributed by atoms with Crippen LogP contribution in [0.15, 0.2) is 59.5 Å². The Hall–Kier alpha value is -1.63. The van der Waals surface area contributed by atoms with E-state index < -0.39 is 16.1 Å². The summed E-state index contributed by atoms with van der Waals surface area (Å²) in [5.41, 5.74) is 1.39. The average molecular weight is 424 g/mol. The minimum atomic E-state index is -3.80. The Kier molecular flexibility index (Phi) is 6.08. The number of sulfonamides is 1. The standard InChI is InChI=1S/C20H19Cl2NO3S/c1-13-11-20(18(22)12-17(13)21)27(25,26)23-10-9-19(24)16-8-4-6-14-5-2-3-7-15(14)16/h2-8,11-12,19,23-24H,9-10H2,1H3. The maximum atomic E-state index is 12.5. The van der Waals surface area contributed by atoms with Crippen molar-refractivity contribution >= 4 is 44.0 Å². The summed E-state index contributed by atoms with van der Waals surface area (Å²) in [4.78, 5) is -0.0225. The first-order valence-corrected chi connectivity index (χ1v) is 10.6. The summed E-state index contributed by atoms with van der Waals surface area (Å²) in [6.45, 7) is 1.78. The molecule has 27 heavy (non-hydrogen) atoms. The van der Waals surface area contributed by atoms with E-state index in [-0.39, 0.29) is 22.9 Å². The highest BCUT2D eigenvalue weighted by Gasteiger charge is 2.20. The molecule has 0 heterocycles. The molecule has 142 valence electrons. The highest BCUT2D eigenvalue weighted by molar-refractivity contribution is 7.89. The summed E-state index contributed by atoms with van der Waals surface area (Å²) >= 11 is 12.0. The van der Waals surface area contributed by atoms with E-state index in [0.29, 0.717) is 10.6 Å². The molecule has 3 aromatic carbocycles. The van der Waals surface area contributed by atoms with Crippen LogP contribution in [0.2, 0.25) is 10.0 Å². The van der Waals surface area contributed by atoms with Gasteiger partial charge in [-0.2, -0.15) is 0 Å². The second-order valence-corrected chi connectivity index (χ2v) is 8.85. The SMILES string of the molecule is Cc1cc(S(=O)(=O)NCCC(O)c2cccc3ccccc23)c(Cl)cc1Cl. The Morgan fingerprint density at radius 3 is 2.52 bits per heavy atom. The fraction of sp³-hybridized carbons (Fsp3) is 0.200. The van der Waals surface area contributed by atoms with Gasteiger partial charge in [0.05, 0.1) is 11.1 Å². The zero-order valence-electron chi connectivity index (χ0n) is 14.6. The summed E-state index contributed by atoms with van der Waals surface area (Å²) in [7, 11) is -3.80. The smallest absolute Gasteiger partial charge is 0.242 e. The van der Waals surface area contributed by atoms with Gasteiger partial charge in [-0.3, -0.25) is 0 Å². The molecule has 0 radical (unpaired) electrons. The molecule has 0 saturated heterocycles. The van der Waals surface area contributed by atoms with Crippen molar-refractivity contribution in [2.75, 3.05) is 6.54 Å². The summed E-state index contributed by atoms with van der Waals surface area (Å²) < 4.78 is 27.5. The van der Waals surface area contributed by atoms with Crippen LogP contribution in [0, 0.1) is 6.92 Å². The maximum absolute atomic E-state index is 12.5. The Morgan fingerprint density at radius 2 is 1.74 bits per heavy atom. The van der Waals surface area contributed by atoms with Crippen LogP contribution in [0.3, 0.4) is 0 Å². The van der Waals surface area contributed by atoms with Crippen LogP contribution in [0.1, 0.15) is 23.7 Å². The highest BCUT2D eigenvalue weighted by Crippen LogP contribution is 2.29. The van der Waals surface area contributed by atoms with E-state index in [1.807, 2.05) is 42.5 Å². The molecule has 7 heteroatoms. The van der Waals surface area contributed by atoms with Crippen molar-refractivity contribution in [3.63, 3.8) is 0 Å². The predicted molar refractivity (Wildman–Crippen MR) is 110 cm³/mol. The number of nitrogens with one attached hydrogen (secondary N) is 1. The van der Waals surface area contributed by atoms with Gasteiger partial charge in [0.25, 0.3) is 0 Å². The molecular weight excluding hydrogens is 405 g/mol. The zero-order valence-corrected chi connectivity index (χ0v) is 16.9. The fourth-order valence-electron chi connectivity index (χ4n) is 2.94. The molecule has 0 fully saturated rings.